The number of benzene rings is 2. The Bertz CT molecular complexity index is 750. The molecule has 2 aromatic rings. The third-order valence-electron chi connectivity index (χ3n) is 4.83. The van der Waals surface area contributed by atoms with Gasteiger partial charge in [0.1, 0.15) is 5.75 Å². The molecule has 1 N–H and O–H groups in total. The largest absolute Gasteiger partial charge is 0.496 e. The first-order valence-corrected chi connectivity index (χ1v) is 8.67. The first-order valence-electron chi connectivity index (χ1n) is 8.67. The Morgan fingerprint density at radius 2 is 1.84 bits per heavy atom. The number of methoxy groups -OCH3 is 1. The van der Waals surface area contributed by atoms with Gasteiger partial charge in [0.15, 0.2) is 0 Å². The smallest absolute Gasteiger partial charge is 0.265 e. The molecule has 0 bridgehead atoms. The summed E-state index contributed by atoms with van der Waals surface area (Å²) in [5, 5.41) is 2.02. The summed E-state index contributed by atoms with van der Waals surface area (Å²) in [7, 11) is 1.72. The molecule has 0 saturated carbocycles. The highest BCUT2D eigenvalue weighted by Gasteiger charge is 2.36. The molecule has 0 radical (unpaired) electrons. The maximum atomic E-state index is 12.5. The normalized spacial score (nSPS) is 17.7. The van der Waals surface area contributed by atoms with E-state index < -0.39 is 0 Å². The molecular formula is C21H26N2O2. The van der Waals surface area contributed by atoms with Crippen molar-refractivity contribution in [3.05, 3.63) is 65.2 Å². The van der Waals surface area contributed by atoms with Crippen LogP contribution < -0.4 is 10.2 Å². The standard InChI is InChI=1S/C21H26N2O2/c1-21(2,3)17-14-23(22-20(24)15-9-6-5-7-10-15)13-16-11-8-12-18(25-4)19(16)17/h5-12,17H,13-14H2,1-4H3,(H,22,24). The third-order valence-corrected chi connectivity index (χ3v) is 4.83. The Balaban J connectivity index is 1.88. The third kappa shape index (κ3) is 3.69. The molecule has 4 heteroatoms. The number of ether oxygens (including phenoxy) is 1. The van der Waals surface area contributed by atoms with E-state index in [4.69, 9.17) is 4.74 Å². The summed E-state index contributed by atoms with van der Waals surface area (Å²) in [6.07, 6.45) is 0. The molecule has 1 aliphatic heterocycles. The molecule has 1 unspecified atom stereocenters. The summed E-state index contributed by atoms with van der Waals surface area (Å²) in [4.78, 5) is 12.5. The molecule has 1 aliphatic rings. The number of carbonyl (C=O) groups excluding carboxylic acids is 1. The Kier molecular flexibility index (Phi) is 4.82. The quantitative estimate of drug-likeness (QED) is 0.920. The highest BCUT2D eigenvalue weighted by atomic mass is 16.5. The van der Waals surface area contributed by atoms with Crippen molar-refractivity contribution >= 4 is 5.91 Å². The lowest BCUT2D eigenvalue weighted by molar-refractivity contribution is 0.0684. The fourth-order valence-corrected chi connectivity index (χ4v) is 3.47. The summed E-state index contributed by atoms with van der Waals surface area (Å²) in [6, 6.07) is 15.5. The van der Waals surface area contributed by atoms with Gasteiger partial charge < -0.3 is 4.74 Å². The van der Waals surface area contributed by atoms with Crippen LogP contribution in [0.4, 0.5) is 0 Å². The van der Waals surface area contributed by atoms with Crippen LogP contribution in [0, 0.1) is 5.41 Å². The maximum Gasteiger partial charge on any atom is 0.265 e. The highest BCUT2D eigenvalue weighted by Crippen LogP contribution is 2.44. The predicted octanol–water partition coefficient (Wildman–Crippen LogP) is 3.99. The number of hydrogen-bond donors (Lipinski definition) is 1. The van der Waals surface area contributed by atoms with Crippen LogP contribution in [0.15, 0.2) is 48.5 Å². The fraction of sp³-hybridized carbons (Fsp3) is 0.381. The molecule has 4 nitrogen and oxygen atoms in total. The van der Waals surface area contributed by atoms with Gasteiger partial charge in [-0.05, 0) is 29.2 Å². The molecule has 1 amide bonds. The molecule has 132 valence electrons. The van der Waals surface area contributed by atoms with Crippen molar-refractivity contribution in [3.63, 3.8) is 0 Å². The van der Waals surface area contributed by atoms with Gasteiger partial charge in [-0.15, -0.1) is 0 Å². The average Bonchev–Trinajstić information content (AvgIpc) is 2.60. The molecule has 25 heavy (non-hydrogen) atoms. The molecule has 0 fully saturated rings. The first-order chi connectivity index (χ1) is 11.9. The van der Waals surface area contributed by atoms with Gasteiger partial charge in [-0.2, -0.15) is 0 Å². The van der Waals surface area contributed by atoms with Gasteiger partial charge in [0.05, 0.1) is 7.11 Å². The fourth-order valence-electron chi connectivity index (χ4n) is 3.47. The number of hydrazine groups is 1. The van der Waals surface area contributed by atoms with Crippen molar-refractivity contribution in [2.75, 3.05) is 13.7 Å². The summed E-state index contributed by atoms with van der Waals surface area (Å²) in [6.45, 7) is 8.14. The predicted molar refractivity (Wildman–Crippen MR) is 99.5 cm³/mol. The Morgan fingerprint density at radius 3 is 2.48 bits per heavy atom. The van der Waals surface area contributed by atoms with E-state index in [1.807, 2.05) is 47.5 Å². The van der Waals surface area contributed by atoms with Gasteiger partial charge in [0.25, 0.3) is 5.91 Å². The molecular weight excluding hydrogens is 312 g/mol. The van der Waals surface area contributed by atoms with Crippen LogP contribution in [-0.4, -0.2) is 24.6 Å². The van der Waals surface area contributed by atoms with E-state index in [-0.39, 0.29) is 17.2 Å². The van der Waals surface area contributed by atoms with Crippen LogP contribution in [0.25, 0.3) is 0 Å². The zero-order valence-electron chi connectivity index (χ0n) is 15.4. The zero-order valence-corrected chi connectivity index (χ0v) is 15.4. The van der Waals surface area contributed by atoms with Crippen molar-refractivity contribution in [1.82, 2.24) is 10.4 Å². The van der Waals surface area contributed by atoms with Crippen LogP contribution in [0.3, 0.4) is 0 Å². The molecule has 0 saturated heterocycles. The van der Waals surface area contributed by atoms with E-state index in [0.29, 0.717) is 12.1 Å². The van der Waals surface area contributed by atoms with Gasteiger partial charge in [0.2, 0.25) is 0 Å². The number of nitrogens with zero attached hydrogens (tertiary/aromatic N) is 1. The second-order valence-corrected chi connectivity index (χ2v) is 7.64. The number of hydrogen-bond acceptors (Lipinski definition) is 3. The van der Waals surface area contributed by atoms with E-state index in [9.17, 15) is 4.79 Å². The van der Waals surface area contributed by atoms with Gasteiger partial charge in [0, 0.05) is 30.1 Å². The van der Waals surface area contributed by atoms with Crippen LogP contribution in [0.1, 0.15) is 48.2 Å². The lowest BCUT2D eigenvalue weighted by atomic mass is 9.73. The Morgan fingerprint density at radius 1 is 1.12 bits per heavy atom. The van der Waals surface area contributed by atoms with Gasteiger partial charge in [-0.1, -0.05) is 51.1 Å². The summed E-state index contributed by atoms with van der Waals surface area (Å²) < 4.78 is 5.62. The van der Waals surface area contributed by atoms with E-state index >= 15 is 0 Å². The van der Waals surface area contributed by atoms with Crippen molar-refractivity contribution in [3.8, 4) is 5.75 Å². The zero-order chi connectivity index (χ0) is 18.0. The molecule has 2 aromatic carbocycles. The summed E-state index contributed by atoms with van der Waals surface area (Å²) >= 11 is 0. The van der Waals surface area contributed by atoms with E-state index in [1.54, 1.807) is 7.11 Å². The second kappa shape index (κ2) is 6.89. The summed E-state index contributed by atoms with van der Waals surface area (Å²) in [5.74, 6) is 1.13. The van der Waals surface area contributed by atoms with Crippen molar-refractivity contribution in [1.29, 1.82) is 0 Å². The molecule has 1 atom stereocenters. The highest BCUT2D eigenvalue weighted by molar-refractivity contribution is 5.93. The van der Waals surface area contributed by atoms with E-state index in [2.05, 4.69) is 32.3 Å². The minimum absolute atomic E-state index is 0.0551. The number of rotatable bonds is 3. The number of fused-ring (bicyclic) bond motifs is 1. The maximum absolute atomic E-state index is 12.5. The van der Waals surface area contributed by atoms with Crippen LogP contribution in [0.2, 0.25) is 0 Å². The van der Waals surface area contributed by atoms with Gasteiger partial charge in [-0.3, -0.25) is 10.2 Å². The molecule has 0 aromatic heterocycles. The van der Waals surface area contributed by atoms with Crippen LogP contribution in [0.5, 0.6) is 5.75 Å². The van der Waals surface area contributed by atoms with Crippen LogP contribution in [-0.2, 0) is 6.54 Å². The Labute approximate surface area is 149 Å². The van der Waals surface area contributed by atoms with Gasteiger partial charge >= 0.3 is 0 Å². The minimum atomic E-state index is -0.0698. The SMILES string of the molecule is COc1cccc2c1C(C(C)(C)C)CN(NC(=O)c1ccccc1)C2. The number of carbonyl (C=O) groups is 1. The topological polar surface area (TPSA) is 41.6 Å². The lowest BCUT2D eigenvalue weighted by Crippen LogP contribution is -2.48. The first kappa shape index (κ1) is 17.5. The van der Waals surface area contributed by atoms with Crippen molar-refractivity contribution in [2.24, 2.45) is 5.41 Å². The average molecular weight is 338 g/mol. The second-order valence-electron chi connectivity index (χ2n) is 7.64. The van der Waals surface area contributed by atoms with E-state index in [0.717, 1.165) is 12.3 Å². The number of nitrogens with one attached hydrogen (secondary N) is 1. The monoisotopic (exact) mass is 338 g/mol. The molecule has 3 rings (SSSR count). The number of amides is 1. The van der Waals surface area contributed by atoms with Crippen molar-refractivity contribution in [2.45, 2.75) is 33.2 Å². The molecule has 1 heterocycles. The Hall–Kier alpha value is -2.33. The lowest BCUT2D eigenvalue weighted by Gasteiger charge is -2.41. The van der Waals surface area contributed by atoms with Crippen molar-refractivity contribution < 1.29 is 9.53 Å². The van der Waals surface area contributed by atoms with Crippen LogP contribution >= 0.6 is 0 Å². The summed E-state index contributed by atoms with van der Waals surface area (Å²) in [5.41, 5.74) is 6.27. The minimum Gasteiger partial charge on any atom is -0.496 e. The molecule has 0 aliphatic carbocycles. The van der Waals surface area contributed by atoms with E-state index in [1.165, 1.54) is 11.1 Å². The van der Waals surface area contributed by atoms with Gasteiger partial charge in [-0.25, -0.2) is 5.01 Å². The molecule has 0 spiro atoms.